The summed E-state index contributed by atoms with van der Waals surface area (Å²) in [4.78, 5) is 11.9. The number of amides is 1. The number of aromatic nitrogens is 1. The van der Waals surface area contributed by atoms with Gasteiger partial charge in [-0.25, -0.2) is 12.8 Å². The highest BCUT2D eigenvalue weighted by Crippen LogP contribution is 2.17. The van der Waals surface area contributed by atoms with Gasteiger partial charge in [0.05, 0.1) is 6.26 Å². The van der Waals surface area contributed by atoms with Crippen molar-refractivity contribution in [2.24, 2.45) is 0 Å². The van der Waals surface area contributed by atoms with Gasteiger partial charge in [0.1, 0.15) is 11.6 Å². The number of nitrogens with zero attached hydrogens (tertiary/aromatic N) is 2. The Morgan fingerprint density at radius 3 is 2.54 bits per heavy atom. The summed E-state index contributed by atoms with van der Waals surface area (Å²) in [5.74, 6) is -0.0642. The average Bonchev–Trinajstić information content (AvgIpc) is 2.91. The molecule has 0 fully saturated rings. The molecule has 0 unspecified atom stereocenters. The molecule has 0 aliphatic heterocycles. The van der Waals surface area contributed by atoms with Gasteiger partial charge in [-0.15, -0.1) is 0 Å². The number of sulfonamides is 1. The molecule has 1 aromatic heterocycles. The zero-order valence-electron chi connectivity index (χ0n) is 13.3. The third kappa shape index (κ3) is 5.05. The summed E-state index contributed by atoms with van der Waals surface area (Å²) < 4.78 is 42.4. The van der Waals surface area contributed by atoms with E-state index < -0.39 is 10.0 Å². The van der Waals surface area contributed by atoms with Crippen molar-refractivity contribution in [1.82, 2.24) is 10.5 Å². The second kappa shape index (κ2) is 7.43. The Morgan fingerprint density at radius 1 is 1.33 bits per heavy atom. The van der Waals surface area contributed by atoms with Crippen molar-refractivity contribution in [3.05, 3.63) is 47.5 Å². The van der Waals surface area contributed by atoms with Crippen LogP contribution in [-0.4, -0.2) is 32.3 Å². The lowest BCUT2D eigenvalue weighted by molar-refractivity contribution is -0.121. The van der Waals surface area contributed by atoms with E-state index in [1.807, 2.05) is 0 Å². The lowest BCUT2D eigenvalue weighted by atomic mass is 10.2. The van der Waals surface area contributed by atoms with Crippen molar-refractivity contribution < 1.29 is 22.1 Å². The molecule has 2 aromatic rings. The number of nitrogens with one attached hydrogen (secondary N) is 1. The van der Waals surface area contributed by atoms with E-state index in [1.54, 1.807) is 19.1 Å². The summed E-state index contributed by atoms with van der Waals surface area (Å²) >= 11 is 0. The minimum atomic E-state index is -3.58. The molecule has 0 radical (unpaired) electrons. The minimum absolute atomic E-state index is 0.0415. The standard InChI is InChI=1S/C15H18FN3O4S/c1-11-9-14(18-23-11)19(24(2,21)22)8-7-15(20)17-10-12-3-5-13(16)6-4-12/h3-6,9H,7-8,10H2,1-2H3,(H,17,20). The smallest absolute Gasteiger partial charge is 0.233 e. The maximum absolute atomic E-state index is 12.8. The SMILES string of the molecule is Cc1cc(N(CCC(=O)NCc2ccc(F)cc2)S(C)(=O)=O)no1. The molecular weight excluding hydrogens is 337 g/mol. The molecule has 2 rings (SSSR count). The van der Waals surface area contributed by atoms with Crippen molar-refractivity contribution >= 4 is 21.7 Å². The lowest BCUT2D eigenvalue weighted by Crippen LogP contribution is -2.34. The van der Waals surface area contributed by atoms with E-state index in [1.165, 1.54) is 18.2 Å². The maximum atomic E-state index is 12.8. The number of benzene rings is 1. The molecule has 7 nitrogen and oxygen atoms in total. The highest BCUT2D eigenvalue weighted by atomic mass is 32.2. The summed E-state index contributed by atoms with van der Waals surface area (Å²) in [5, 5.41) is 6.32. The molecule has 0 aliphatic rings. The Balaban J connectivity index is 1.91. The largest absolute Gasteiger partial charge is 0.360 e. The third-order valence-corrected chi connectivity index (χ3v) is 4.39. The number of hydrogen-bond donors (Lipinski definition) is 1. The number of anilines is 1. The molecule has 24 heavy (non-hydrogen) atoms. The van der Waals surface area contributed by atoms with Crippen LogP contribution in [-0.2, 0) is 21.4 Å². The van der Waals surface area contributed by atoms with E-state index in [-0.39, 0.29) is 37.1 Å². The minimum Gasteiger partial charge on any atom is -0.360 e. The Morgan fingerprint density at radius 2 is 2.00 bits per heavy atom. The molecule has 0 bridgehead atoms. The first-order valence-electron chi connectivity index (χ1n) is 7.18. The van der Waals surface area contributed by atoms with E-state index in [4.69, 9.17) is 4.52 Å². The van der Waals surface area contributed by atoms with Crippen LogP contribution in [0.3, 0.4) is 0 Å². The van der Waals surface area contributed by atoms with E-state index >= 15 is 0 Å². The van der Waals surface area contributed by atoms with Crippen molar-refractivity contribution in [2.45, 2.75) is 19.9 Å². The fourth-order valence-electron chi connectivity index (χ4n) is 2.02. The van der Waals surface area contributed by atoms with E-state index in [0.717, 1.165) is 16.1 Å². The predicted octanol–water partition coefficient (Wildman–Crippen LogP) is 1.59. The Hall–Kier alpha value is -2.42. The fraction of sp³-hybridized carbons (Fsp3) is 0.333. The zero-order valence-corrected chi connectivity index (χ0v) is 14.1. The van der Waals surface area contributed by atoms with Crippen LogP contribution in [0.1, 0.15) is 17.7 Å². The molecule has 1 amide bonds. The van der Waals surface area contributed by atoms with Gasteiger partial charge >= 0.3 is 0 Å². The molecule has 0 saturated carbocycles. The van der Waals surface area contributed by atoms with Crippen LogP contribution in [0.2, 0.25) is 0 Å². The van der Waals surface area contributed by atoms with Gasteiger partial charge in [0, 0.05) is 25.6 Å². The Bertz CT molecular complexity index is 802. The first-order valence-corrected chi connectivity index (χ1v) is 9.03. The zero-order chi connectivity index (χ0) is 17.7. The van der Waals surface area contributed by atoms with Crippen LogP contribution in [0, 0.1) is 12.7 Å². The summed E-state index contributed by atoms with van der Waals surface area (Å²) in [5.41, 5.74) is 0.747. The van der Waals surface area contributed by atoms with Gasteiger partial charge in [0.15, 0.2) is 5.82 Å². The summed E-state index contributed by atoms with van der Waals surface area (Å²) in [6.07, 6.45) is 0.994. The highest BCUT2D eigenvalue weighted by molar-refractivity contribution is 7.92. The van der Waals surface area contributed by atoms with Gasteiger partial charge in [-0.05, 0) is 24.6 Å². The first kappa shape index (κ1) is 17.9. The fourth-order valence-corrected chi connectivity index (χ4v) is 2.86. The quantitative estimate of drug-likeness (QED) is 0.814. The molecule has 0 spiro atoms. The maximum Gasteiger partial charge on any atom is 0.233 e. The van der Waals surface area contributed by atoms with E-state index in [9.17, 15) is 17.6 Å². The molecule has 1 N–H and O–H groups in total. The number of halogens is 1. The number of carbonyl (C=O) groups excluding carboxylic acids is 1. The lowest BCUT2D eigenvalue weighted by Gasteiger charge is -2.18. The van der Waals surface area contributed by atoms with Crippen molar-refractivity contribution in [3.63, 3.8) is 0 Å². The van der Waals surface area contributed by atoms with Gasteiger partial charge in [-0.3, -0.25) is 9.10 Å². The molecule has 1 aromatic carbocycles. The Kier molecular flexibility index (Phi) is 5.55. The van der Waals surface area contributed by atoms with Crippen molar-refractivity contribution in [1.29, 1.82) is 0 Å². The average molecular weight is 355 g/mol. The molecule has 130 valence electrons. The first-order chi connectivity index (χ1) is 11.3. The number of aryl methyl sites for hydroxylation is 1. The van der Waals surface area contributed by atoms with Crippen molar-refractivity contribution in [2.75, 3.05) is 17.1 Å². The van der Waals surface area contributed by atoms with Crippen LogP contribution in [0.5, 0.6) is 0 Å². The van der Waals surface area contributed by atoms with Crippen LogP contribution in [0.25, 0.3) is 0 Å². The van der Waals surface area contributed by atoms with Gasteiger partial charge in [-0.2, -0.15) is 0 Å². The van der Waals surface area contributed by atoms with Crippen LogP contribution in [0.4, 0.5) is 10.2 Å². The number of rotatable bonds is 7. The summed E-state index contributed by atoms with van der Waals surface area (Å²) in [7, 11) is -3.58. The summed E-state index contributed by atoms with van der Waals surface area (Å²) in [6, 6.07) is 7.23. The van der Waals surface area contributed by atoms with E-state index in [2.05, 4.69) is 10.5 Å². The van der Waals surface area contributed by atoms with Gasteiger partial charge in [0.2, 0.25) is 15.9 Å². The van der Waals surface area contributed by atoms with Gasteiger partial charge < -0.3 is 9.84 Å². The normalized spacial score (nSPS) is 11.3. The second-order valence-electron chi connectivity index (χ2n) is 5.28. The van der Waals surface area contributed by atoms with E-state index in [0.29, 0.717) is 5.76 Å². The van der Waals surface area contributed by atoms with Crippen LogP contribution < -0.4 is 9.62 Å². The topological polar surface area (TPSA) is 92.5 Å². The predicted molar refractivity (Wildman–Crippen MR) is 86.3 cm³/mol. The number of carbonyl (C=O) groups is 1. The molecule has 1 heterocycles. The number of hydrogen-bond acceptors (Lipinski definition) is 5. The van der Waals surface area contributed by atoms with Crippen molar-refractivity contribution in [3.8, 4) is 0 Å². The Labute approximate surface area is 139 Å². The van der Waals surface area contributed by atoms with Gasteiger partial charge in [-0.1, -0.05) is 17.3 Å². The molecular formula is C15H18FN3O4S. The molecule has 0 saturated heterocycles. The molecule has 0 atom stereocenters. The molecule has 9 heteroatoms. The molecule has 0 aliphatic carbocycles. The van der Waals surface area contributed by atoms with Crippen LogP contribution in [0.15, 0.2) is 34.9 Å². The highest BCUT2D eigenvalue weighted by Gasteiger charge is 2.21. The van der Waals surface area contributed by atoms with Gasteiger partial charge in [0.25, 0.3) is 0 Å². The third-order valence-electron chi connectivity index (χ3n) is 3.22. The second-order valence-corrected chi connectivity index (χ2v) is 7.19. The summed E-state index contributed by atoms with van der Waals surface area (Å²) in [6.45, 7) is 1.83. The monoisotopic (exact) mass is 355 g/mol. The van der Waals surface area contributed by atoms with Crippen LogP contribution >= 0.6 is 0 Å².